The summed E-state index contributed by atoms with van der Waals surface area (Å²) in [5, 5.41) is 18.8. The van der Waals surface area contributed by atoms with Crippen LogP contribution in [-0.2, 0) is 19.1 Å². The van der Waals surface area contributed by atoms with Crippen LogP contribution in [0.15, 0.2) is 48.5 Å². The Hall–Kier alpha value is -3.50. The number of benzene rings is 2. The number of hydrogen-bond acceptors (Lipinski definition) is 8. The first kappa shape index (κ1) is 25.1. The average Bonchev–Trinajstić information content (AvgIpc) is 2.81. The van der Waals surface area contributed by atoms with Gasteiger partial charge >= 0.3 is 11.9 Å². The van der Waals surface area contributed by atoms with Gasteiger partial charge in [0.15, 0.2) is 0 Å². The number of carbonyl (C=O) groups is 2. The van der Waals surface area contributed by atoms with E-state index in [1.165, 1.54) is 0 Å². The highest BCUT2D eigenvalue weighted by Gasteiger charge is 2.17. The third-order valence-electron chi connectivity index (χ3n) is 5.05. The van der Waals surface area contributed by atoms with Crippen molar-refractivity contribution in [3.8, 4) is 11.5 Å². The van der Waals surface area contributed by atoms with E-state index in [4.69, 9.17) is 18.9 Å². The van der Waals surface area contributed by atoms with Crippen LogP contribution in [0.1, 0.15) is 0 Å². The maximum Gasteiger partial charge on any atom is 0.323 e. The number of ether oxygens (including phenoxy) is 4. The van der Waals surface area contributed by atoms with Crippen molar-refractivity contribution in [1.29, 1.82) is 0 Å². The zero-order valence-corrected chi connectivity index (χ0v) is 18.9. The highest BCUT2D eigenvalue weighted by atomic mass is 16.5. The molecule has 1 aliphatic rings. The Morgan fingerprint density at radius 3 is 1.50 bits per heavy atom. The first-order valence-corrected chi connectivity index (χ1v) is 11.1. The van der Waals surface area contributed by atoms with Crippen LogP contribution >= 0.6 is 0 Å². The van der Waals surface area contributed by atoms with Crippen LogP contribution in [-0.4, -0.2) is 88.0 Å². The minimum Gasteiger partial charge on any atom is -0.489 e. The number of rotatable bonds is 4. The van der Waals surface area contributed by atoms with Crippen molar-refractivity contribution in [3.63, 3.8) is 0 Å². The molecule has 0 radical (unpaired) electrons. The van der Waals surface area contributed by atoms with Gasteiger partial charge in [-0.3, -0.25) is 9.59 Å². The van der Waals surface area contributed by atoms with Gasteiger partial charge in [-0.15, -0.1) is 0 Å². The maximum atomic E-state index is 11.5. The maximum absolute atomic E-state index is 11.5. The normalized spacial score (nSPS) is 16.1. The highest BCUT2D eigenvalue weighted by molar-refractivity contribution is 5.76. The van der Waals surface area contributed by atoms with Gasteiger partial charge in [-0.2, -0.15) is 0 Å². The lowest BCUT2D eigenvalue weighted by atomic mass is 10.2. The van der Waals surface area contributed by atoms with Crippen LogP contribution in [0.4, 0.5) is 11.4 Å². The van der Waals surface area contributed by atoms with Gasteiger partial charge in [0, 0.05) is 13.1 Å². The predicted octanol–water partition coefficient (Wildman–Crippen LogP) is 1.97. The largest absolute Gasteiger partial charge is 0.489 e. The zero-order valence-electron chi connectivity index (χ0n) is 18.9. The third-order valence-corrected chi connectivity index (χ3v) is 5.05. The van der Waals surface area contributed by atoms with Crippen molar-refractivity contribution in [3.05, 3.63) is 48.5 Å². The first-order chi connectivity index (χ1) is 16.5. The van der Waals surface area contributed by atoms with Crippen LogP contribution in [0.3, 0.4) is 0 Å². The van der Waals surface area contributed by atoms with Crippen molar-refractivity contribution in [2.45, 2.75) is 0 Å². The number of fused-ring (bicyclic) bond motifs is 2. The van der Waals surface area contributed by atoms with Crippen LogP contribution in [0, 0.1) is 0 Å². The summed E-state index contributed by atoms with van der Waals surface area (Å²) in [6.07, 6.45) is 0. The molecule has 10 heteroatoms. The second-order valence-corrected chi connectivity index (χ2v) is 7.49. The molecule has 0 saturated carbocycles. The van der Waals surface area contributed by atoms with Gasteiger partial charge in [0.25, 0.3) is 0 Å². The number of para-hydroxylation sites is 4. The van der Waals surface area contributed by atoms with Crippen LogP contribution < -0.4 is 19.3 Å². The van der Waals surface area contributed by atoms with Gasteiger partial charge in [-0.1, -0.05) is 24.3 Å². The molecular formula is C24H30N2O8. The van der Waals surface area contributed by atoms with Gasteiger partial charge in [-0.05, 0) is 24.3 Å². The van der Waals surface area contributed by atoms with Crippen molar-refractivity contribution in [1.82, 2.24) is 0 Å². The van der Waals surface area contributed by atoms with Crippen LogP contribution in [0.25, 0.3) is 0 Å². The van der Waals surface area contributed by atoms with E-state index in [0.29, 0.717) is 49.2 Å². The van der Waals surface area contributed by atoms with Crippen molar-refractivity contribution < 1.29 is 38.7 Å². The van der Waals surface area contributed by atoms with Gasteiger partial charge in [0.1, 0.15) is 37.8 Å². The molecule has 0 amide bonds. The van der Waals surface area contributed by atoms with E-state index in [0.717, 1.165) is 0 Å². The van der Waals surface area contributed by atoms with Gasteiger partial charge in [-0.25, -0.2) is 0 Å². The van der Waals surface area contributed by atoms with E-state index in [9.17, 15) is 19.8 Å². The zero-order chi connectivity index (χ0) is 24.2. The van der Waals surface area contributed by atoms with E-state index in [1.807, 2.05) is 24.3 Å². The fourth-order valence-corrected chi connectivity index (χ4v) is 3.55. The Labute approximate surface area is 198 Å². The molecule has 3 rings (SSSR count). The molecule has 1 aliphatic heterocycles. The summed E-state index contributed by atoms with van der Waals surface area (Å²) in [6, 6.07) is 14.5. The molecule has 0 bridgehead atoms. The molecule has 0 aliphatic carbocycles. The quantitative estimate of drug-likeness (QED) is 0.681. The average molecular weight is 475 g/mol. The molecule has 0 unspecified atom stereocenters. The lowest BCUT2D eigenvalue weighted by Gasteiger charge is -2.27. The molecular weight excluding hydrogens is 444 g/mol. The lowest BCUT2D eigenvalue weighted by Crippen LogP contribution is -2.35. The minimum atomic E-state index is -0.968. The van der Waals surface area contributed by atoms with Crippen LogP contribution in [0.5, 0.6) is 11.5 Å². The number of carboxylic acids is 2. The fourth-order valence-electron chi connectivity index (χ4n) is 3.55. The van der Waals surface area contributed by atoms with E-state index in [1.54, 1.807) is 34.1 Å². The molecule has 184 valence electrons. The predicted molar refractivity (Wildman–Crippen MR) is 125 cm³/mol. The Kier molecular flexibility index (Phi) is 9.80. The number of anilines is 2. The molecule has 0 atom stereocenters. The van der Waals surface area contributed by atoms with Gasteiger partial charge < -0.3 is 39.0 Å². The molecule has 2 aromatic rings. The summed E-state index contributed by atoms with van der Waals surface area (Å²) in [5.74, 6) is -0.813. The second kappa shape index (κ2) is 13.3. The molecule has 2 aromatic carbocycles. The van der Waals surface area contributed by atoms with Crippen molar-refractivity contribution in [2.24, 2.45) is 0 Å². The topological polar surface area (TPSA) is 118 Å². The number of aliphatic carboxylic acids is 2. The number of hydrogen-bond donors (Lipinski definition) is 2. The molecule has 10 nitrogen and oxygen atoms in total. The molecule has 34 heavy (non-hydrogen) atoms. The molecule has 0 fully saturated rings. The molecule has 1 heterocycles. The lowest BCUT2D eigenvalue weighted by molar-refractivity contribution is -0.136. The standard InChI is InChI=1S/C24H30N2O8/c27-23(28)17-25-9-11-31-12-10-26(18-24(29)30)20-6-2-4-8-22(20)34-16-14-32-13-15-33-21-7-3-1-5-19(21)25/h1-8H,9-18H2,(H,27,28)(H,29,30). The van der Waals surface area contributed by atoms with Gasteiger partial charge in [0.2, 0.25) is 0 Å². The van der Waals surface area contributed by atoms with Gasteiger partial charge in [0.05, 0.1) is 37.8 Å². The van der Waals surface area contributed by atoms with Crippen molar-refractivity contribution in [2.75, 3.05) is 75.6 Å². The molecule has 0 aromatic heterocycles. The van der Waals surface area contributed by atoms with E-state index < -0.39 is 11.9 Å². The summed E-state index contributed by atoms with van der Waals surface area (Å²) in [5.41, 5.74) is 1.30. The van der Waals surface area contributed by atoms with E-state index >= 15 is 0 Å². The third kappa shape index (κ3) is 7.82. The Morgan fingerprint density at radius 1 is 0.647 bits per heavy atom. The summed E-state index contributed by atoms with van der Waals surface area (Å²) in [7, 11) is 0. The Balaban J connectivity index is 1.76. The number of nitrogens with zero attached hydrogens (tertiary/aromatic N) is 2. The fraction of sp³-hybridized carbons (Fsp3) is 0.417. The highest BCUT2D eigenvalue weighted by Crippen LogP contribution is 2.29. The summed E-state index contributed by atoms with van der Waals surface area (Å²) < 4.78 is 23.1. The molecule has 0 spiro atoms. The smallest absolute Gasteiger partial charge is 0.323 e. The minimum absolute atomic E-state index is 0.212. The molecule has 2 N–H and O–H groups in total. The van der Waals surface area contributed by atoms with Crippen LogP contribution in [0.2, 0.25) is 0 Å². The monoisotopic (exact) mass is 474 g/mol. The Bertz CT molecular complexity index is 865. The number of carboxylic acid groups (broad SMARTS) is 2. The first-order valence-electron chi connectivity index (χ1n) is 11.1. The Morgan fingerprint density at radius 2 is 1.06 bits per heavy atom. The summed E-state index contributed by atoms with van der Waals surface area (Å²) in [6.45, 7) is 1.96. The van der Waals surface area contributed by atoms with Crippen molar-refractivity contribution >= 4 is 23.3 Å². The SMILES string of the molecule is O=C(O)CN1CCOCCN(CC(=O)O)c2ccccc2OCCOCCOc2ccccc21. The summed E-state index contributed by atoms with van der Waals surface area (Å²) >= 11 is 0. The van der Waals surface area contributed by atoms with E-state index in [-0.39, 0.29) is 39.5 Å². The molecule has 0 saturated heterocycles. The van der Waals surface area contributed by atoms with E-state index in [2.05, 4.69) is 0 Å². The second-order valence-electron chi connectivity index (χ2n) is 7.49. The summed E-state index contributed by atoms with van der Waals surface area (Å²) in [4.78, 5) is 26.3.